The number of allylic oxidation sites excluding steroid dienone is 5. The minimum atomic E-state index is -0.864. The molecule has 0 aromatic heterocycles. The Kier molecular flexibility index (Phi) is 4.03. The number of carbonyl (C=O) groups is 2. The van der Waals surface area contributed by atoms with E-state index >= 15 is 0 Å². The summed E-state index contributed by atoms with van der Waals surface area (Å²) in [4.78, 5) is 22.0. The summed E-state index contributed by atoms with van der Waals surface area (Å²) in [6, 6.07) is 0. The molecule has 0 amide bonds. The highest BCUT2D eigenvalue weighted by molar-refractivity contribution is 5.95. The molecule has 80 valence electrons. The van der Waals surface area contributed by atoms with Gasteiger partial charge in [0, 0.05) is 5.92 Å². The second kappa shape index (κ2) is 5.29. The van der Waals surface area contributed by atoms with Crippen LogP contribution in [-0.4, -0.2) is 16.9 Å². The van der Waals surface area contributed by atoms with E-state index in [1.165, 1.54) is 6.08 Å². The molecule has 0 bridgehead atoms. The molecule has 3 nitrogen and oxygen atoms in total. The molecular formula is C12H14O3. The molecule has 0 radical (unpaired) electrons. The molecule has 15 heavy (non-hydrogen) atoms. The Hall–Kier alpha value is -1.64. The highest BCUT2D eigenvalue weighted by atomic mass is 16.4. The number of ketones is 1. The van der Waals surface area contributed by atoms with Gasteiger partial charge < -0.3 is 5.11 Å². The van der Waals surface area contributed by atoms with Crippen molar-refractivity contribution in [1.82, 2.24) is 0 Å². The van der Waals surface area contributed by atoms with Gasteiger partial charge in [-0.1, -0.05) is 30.9 Å². The fourth-order valence-electron chi connectivity index (χ4n) is 1.71. The second-order valence-electron chi connectivity index (χ2n) is 3.53. The molecule has 1 aliphatic carbocycles. The third kappa shape index (κ3) is 3.20. The van der Waals surface area contributed by atoms with Crippen molar-refractivity contribution in [3.8, 4) is 0 Å². The van der Waals surface area contributed by atoms with Crippen molar-refractivity contribution in [3.05, 3.63) is 37.0 Å². The third-order valence-electron chi connectivity index (χ3n) is 2.46. The van der Waals surface area contributed by atoms with Gasteiger partial charge in [-0.25, -0.2) is 0 Å². The first-order valence-corrected chi connectivity index (χ1v) is 4.86. The second-order valence-corrected chi connectivity index (χ2v) is 3.53. The summed E-state index contributed by atoms with van der Waals surface area (Å²) in [6.07, 6.45) is 9.04. The summed E-state index contributed by atoms with van der Waals surface area (Å²) < 4.78 is 0. The molecule has 2 atom stereocenters. The molecule has 1 rings (SSSR count). The number of rotatable bonds is 5. The van der Waals surface area contributed by atoms with Crippen LogP contribution in [0.4, 0.5) is 0 Å². The van der Waals surface area contributed by atoms with Crippen LogP contribution in [0.25, 0.3) is 0 Å². The summed E-state index contributed by atoms with van der Waals surface area (Å²) in [5.74, 6) is -1.21. The van der Waals surface area contributed by atoms with E-state index in [9.17, 15) is 9.59 Å². The predicted octanol–water partition coefficient (Wildman–Crippen LogP) is 1.96. The quantitative estimate of drug-likeness (QED) is 0.699. The Morgan fingerprint density at radius 1 is 1.60 bits per heavy atom. The van der Waals surface area contributed by atoms with E-state index < -0.39 is 5.97 Å². The molecule has 0 saturated heterocycles. The lowest BCUT2D eigenvalue weighted by atomic mass is 9.89. The molecule has 0 spiro atoms. The summed E-state index contributed by atoms with van der Waals surface area (Å²) in [7, 11) is 0. The van der Waals surface area contributed by atoms with Crippen LogP contribution >= 0.6 is 0 Å². The molecule has 0 saturated carbocycles. The van der Waals surface area contributed by atoms with Gasteiger partial charge in [0.2, 0.25) is 0 Å². The van der Waals surface area contributed by atoms with Crippen LogP contribution in [0.3, 0.4) is 0 Å². The SMILES string of the molecule is C=C/C=C\CC1C(=O)C=CC1CC(=O)O. The van der Waals surface area contributed by atoms with Gasteiger partial charge in [-0.2, -0.15) is 0 Å². The molecule has 3 heteroatoms. The number of hydrogen-bond donors (Lipinski definition) is 1. The van der Waals surface area contributed by atoms with Crippen LogP contribution < -0.4 is 0 Å². The molecule has 0 aromatic rings. The lowest BCUT2D eigenvalue weighted by Gasteiger charge is -2.13. The summed E-state index contributed by atoms with van der Waals surface area (Å²) in [5, 5.41) is 8.67. The van der Waals surface area contributed by atoms with Crippen LogP contribution in [0.15, 0.2) is 37.0 Å². The largest absolute Gasteiger partial charge is 0.481 e. The number of carbonyl (C=O) groups excluding carboxylic acids is 1. The predicted molar refractivity (Wildman–Crippen MR) is 57.3 cm³/mol. The summed E-state index contributed by atoms with van der Waals surface area (Å²) in [5.41, 5.74) is 0. The van der Waals surface area contributed by atoms with Gasteiger partial charge >= 0.3 is 5.97 Å². The molecule has 2 unspecified atom stereocenters. The van der Waals surface area contributed by atoms with Crippen molar-refractivity contribution in [3.63, 3.8) is 0 Å². The number of hydrogen-bond acceptors (Lipinski definition) is 2. The number of carboxylic acid groups (broad SMARTS) is 1. The molecule has 0 heterocycles. The zero-order chi connectivity index (χ0) is 11.3. The van der Waals surface area contributed by atoms with E-state index in [1.54, 1.807) is 18.2 Å². The smallest absolute Gasteiger partial charge is 0.303 e. The van der Waals surface area contributed by atoms with Gasteiger partial charge in [-0.3, -0.25) is 9.59 Å². The highest BCUT2D eigenvalue weighted by Crippen LogP contribution is 2.28. The lowest BCUT2D eigenvalue weighted by Crippen LogP contribution is -2.17. The maximum atomic E-state index is 11.4. The van der Waals surface area contributed by atoms with E-state index in [4.69, 9.17) is 5.11 Å². The average molecular weight is 206 g/mol. The third-order valence-corrected chi connectivity index (χ3v) is 2.46. The molecule has 0 fully saturated rings. The summed E-state index contributed by atoms with van der Waals surface area (Å²) >= 11 is 0. The Bertz CT molecular complexity index is 326. The van der Waals surface area contributed by atoms with Crippen LogP contribution in [0.5, 0.6) is 0 Å². The van der Waals surface area contributed by atoms with Gasteiger partial charge in [0.25, 0.3) is 0 Å². The van der Waals surface area contributed by atoms with Crippen LogP contribution in [0.1, 0.15) is 12.8 Å². The fourth-order valence-corrected chi connectivity index (χ4v) is 1.71. The molecule has 0 aliphatic heterocycles. The van der Waals surface area contributed by atoms with Crippen molar-refractivity contribution < 1.29 is 14.7 Å². The van der Waals surface area contributed by atoms with E-state index in [-0.39, 0.29) is 24.0 Å². The van der Waals surface area contributed by atoms with Crippen LogP contribution in [-0.2, 0) is 9.59 Å². The molecule has 1 N–H and O–H groups in total. The van der Waals surface area contributed by atoms with Gasteiger partial charge in [0.1, 0.15) is 0 Å². The number of aliphatic carboxylic acids is 1. The highest BCUT2D eigenvalue weighted by Gasteiger charge is 2.30. The van der Waals surface area contributed by atoms with E-state index in [2.05, 4.69) is 6.58 Å². The Morgan fingerprint density at radius 2 is 2.33 bits per heavy atom. The van der Waals surface area contributed by atoms with Gasteiger partial charge in [0.15, 0.2) is 5.78 Å². The first-order valence-electron chi connectivity index (χ1n) is 4.86. The Morgan fingerprint density at radius 3 is 2.93 bits per heavy atom. The molecule has 0 aromatic carbocycles. The molecule has 1 aliphatic rings. The van der Waals surface area contributed by atoms with Crippen molar-refractivity contribution in [1.29, 1.82) is 0 Å². The van der Waals surface area contributed by atoms with E-state index in [0.717, 1.165) is 0 Å². The zero-order valence-corrected chi connectivity index (χ0v) is 8.43. The van der Waals surface area contributed by atoms with Crippen molar-refractivity contribution in [2.75, 3.05) is 0 Å². The standard InChI is InChI=1S/C12H14O3/c1-2-3-4-5-10-9(8-12(14)15)6-7-11(10)13/h2-4,6-7,9-10H,1,5,8H2,(H,14,15)/b4-3-. The van der Waals surface area contributed by atoms with E-state index in [0.29, 0.717) is 6.42 Å². The first kappa shape index (κ1) is 11.4. The fraction of sp³-hybridized carbons (Fsp3) is 0.333. The van der Waals surface area contributed by atoms with Crippen molar-refractivity contribution >= 4 is 11.8 Å². The van der Waals surface area contributed by atoms with E-state index in [1.807, 2.05) is 6.08 Å². The lowest BCUT2D eigenvalue weighted by molar-refractivity contribution is -0.138. The maximum Gasteiger partial charge on any atom is 0.303 e. The van der Waals surface area contributed by atoms with Crippen LogP contribution in [0.2, 0.25) is 0 Å². The summed E-state index contributed by atoms with van der Waals surface area (Å²) in [6.45, 7) is 3.53. The minimum absolute atomic E-state index is 0.0227. The van der Waals surface area contributed by atoms with Crippen molar-refractivity contribution in [2.45, 2.75) is 12.8 Å². The Labute approximate surface area is 88.8 Å². The monoisotopic (exact) mass is 206 g/mol. The maximum absolute atomic E-state index is 11.4. The minimum Gasteiger partial charge on any atom is -0.481 e. The molecular weight excluding hydrogens is 192 g/mol. The number of carboxylic acids is 1. The van der Waals surface area contributed by atoms with Crippen LogP contribution in [0, 0.1) is 11.8 Å². The normalized spacial score (nSPS) is 24.9. The van der Waals surface area contributed by atoms with Gasteiger partial charge in [-0.15, -0.1) is 0 Å². The van der Waals surface area contributed by atoms with Crippen molar-refractivity contribution in [2.24, 2.45) is 11.8 Å². The zero-order valence-electron chi connectivity index (χ0n) is 8.43. The van der Waals surface area contributed by atoms with Gasteiger partial charge in [0.05, 0.1) is 6.42 Å². The average Bonchev–Trinajstić information content (AvgIpc) is 2.49. The Balaban J connectivity index is 2.59. The first-order chi connectivity index (χ1) is 7.15. The topological polar surface area (TPSA) is 54.4 Å². The van der Waals surface area contributed by atoms with Gasteiger partial charge in [-0.05, 0) is 18.4 Å².